The minimum Gasteiger partial charge on any atom is -0.272 e. The van der Waals surface area contributed by atoms with E-state index < -0.39 is 22.5 Å². The summed E-state index contributed by atoms with van der Waals surface area (Å²) in [6.07, 6.45) is 3.41. The fourth-order valence-corrected chi connectivity index (χ4v) is 2.94. The molecule has 1 amide bonds. The normalized spacial score (nSPS) is 12.3. The van der Waals surface area contributed by atoms with Crippen molar-refractivity contribution < 1.29 is 13.2 Å². The van der Waals surface area contributed by atoms with Crippen LogP contribution in [0.1, 0.15) is 12.5 Å². The van der Waals surface area contributed by atoms with Crippen LogP contribution in [0.3, 0.4) is 0 Å². The van der Waals surface area contributed by atoms with Crippen LogP contribution in [0.5, 0.6) is 0 Å². The van der Waals surface area contributed by atoms with E-state index >= 15 is 0 Å². The Kier molecular flexibility index (Phi) is 6.62. The monoisotopic (exact) mass is 357 g/mol. The molecule has 0 aliphatic carbocycles. The molecule has 0 fully saturated rings. The summed E-state index contributed by atoms with van der Waals surface area (Å²) < 4.78 is 26.2. The lowest BCUT2D eigenvalue weighted by Crippen LogP contribution is -2.34. The number of hydrogen-bond acceptors (Lipinski definition) is 4. The third-order valence-electron chi connectivity index (χ3n) is 3.13. The molecule has 0 aliphatic rings. The summed E-state index contributed by atoms with van der Waals surface area (Å²) in [6, 6.07) is 17.5. The summed E-state index contributed by atoms with van der Waals surface area (Å²) in [5, 5.41) is 3.81. The van der Waals surface area contributed by atoms with E-state index in [2.05, 4.69) is 15.2 Å². The van der Waals surface area contributed by atoms with Crippen LogP contribution in [0, 0.1) is 0 Å². The Morgan fingerprint density at radius 3 is 2.28 bits per heavy atom. The zero-order chi connectivity index (χ0) is 18.1. The molecular formula is C18H19N3O3S. The van der Waals surface area contributed by atoms with Crippen molar-refractivity contribution in [3.63, 3.8) is 0 Å². The second-order valence-corrected chi connectivity index (χ2v) is 7.00. The first-order valence-electron chi connectivity index (χ1n) is 7.57. The average molecular weight is 357 g/mol. The number of hydrogen-bond donors (Lipinski definition) is 2. The van der Waals surface area contributed by atoms with E-state index in [1.165, 1.54) is 18.3 Å². The van der Waals surface area contributed by atoms with Crippen LogP contribution in [0.2, 0.25) is 0 Å². The summed E-state index contributed by atoms with van der Waals surface area (Å²) in [5.41, 5.74) is 4.15. The highest BCUT2D eigenvalue weighted by Gasteiger charge is 2.14. The van der Waals surface area contributed by atoms with Crippen LogP contribution in [0.4, 0.5) is 0 Å². The third-order valence-corrected chi connectivity index (χ3v) is 4.54. The van der Waals surface area contributed by atoms with Gasteiger partial charge in [0.15, 0.2) is 0 Å². The van der Waals surface area contributed by atoms with Crippen LogP contribution >= 0.6 is 0 Å². The SMILES string of the molecule is CC(/C=N\NC(=O)CNS(=O)(=O)c1ccccc1)=C\c1ccccc1. The smallest absolute Gasteiger partial charge is 0.255 e. The number of allylic oxidation sites excluding steroid dienone is 1. The fourth-order valence-electron chi connectivity index (χ4n) is 1.94. The number of benzene rings is 2. The lowest BCUT2D eigenvalue weighted by Gasteiger charge is -2.05. The second kappa shape index (κ2) is 8.91. The van der Waals surface area contributed by atoms with Gasteiger partial charge >= 0.3 is 0 Å². The Morgan fingerprint density at radius 2 is 1.64 bits per heavy atom. The maximum atomic E-state index is 12.0. The number of carbonyl (C=O) groups is 1. The first-order valence-corrected chi connectivity index (χ1v) is 9.06. The van der Waals surface area contributed by atoms with Gasteiger partial charge in [-0.25, -0.2) is 18.6 Å². The number of sulfonamides is 1. The largest absolute Gasteiger partial charge is 0.272 e. The lowest BCUT2D eigenvalue weighted by atomic mass is 10.1. The minimum atomic E-state index is -3.71. The Morgan fingerprint density at radius 1 is 1.04 bits per heavy atom. The van der Waals surface area contributed by atoms with Gasteiger partial charge in [0.25, 0.3) is 5.91 Å². The van der Waals surface area contributed by atoms with Gasteiger partial charge in [0.1, 0.15) is 0 Å². The molecule has 2 N–H and O–H groups in total. The summed E-state index contributed by atoms with van der Waals surface area (Å²) >= 11 is 0. The van der Waals surface area contributed by atoms with Crippen LogP contribution < -0.4 is 10.1 Å². The lowest BCUT2D eigenvalue weighted by molar-refractivity contribution is -0.119. The van der Waals surface area contributed by atoms with E-state index in [9.17, 15) is 13.2 Å². The molecule has 0 saturated carbocycles. The molecule has 0 saturated heterocycles. The summed E-state index contributed by atoms with van der Waals surface area (Å²) in [4.78, 5) is 11.8. The van der Waals surface area contributed by atoms with Crippen molar-refractivity contribution >= 4 is 28.2 Å². The van der Waals surface area contributed by atoms with Crippen molar-refractivity contribution in [2.24, 2.45) is 5.10 Å². The van der Waals surface area contributed by atoms with Crippen molar-refractivity contribution in [3.05, 3.63) is 71.8 Å². The topological polar surface area (TPSA) is 87.6 Å². The van der Waals surface area contributed by atoms with E-state index in [0.29, 0.717) is 0 Å². The average Bonchev–Trinajstić information content (AvgIpc) is 2.62. The molecule has 0 unspecified atom stereocenters. The molecule has 0 radical (unpaired) electrons. The molecule has 0 aromatic heterocycles. The third kappa shape index (κ3) is 6.33. The highest BCUT2D eigenvalue weighted by molar-refractivity contribution is 7.89. The number of amides is 1. The number of nitrogens with zero attached hydrogens (tertiary/aromatic N) is 1. The second-order valence-electron chi connectivity index (χ2n) is 5.23. The number of nitrogens with one attached hydrogen (secondary N) is 2. The molecule has 2 aromatic rings. The van der Waals surface area contributed by atoms with Gasteiger partial charge in [-0.05, 0) is 30.2 Å². The molecule has 2 aromatic carbocycles. The van der Waals surface area contributed by atoms with E-state index in [1.54, 1.807) is 18.2 Å². The van der Waals surface area contributed by atoms with Crippen molar-refractivity contribution in [1.82, 2.24) is 10.1 Å². The molecule has 130 valence electrons. The quantitative estimate of drug-likeness (QED) is 0.588. The number of hydrazone groups is 1. The molecule has 0 bridgehead atoms. The molecule has 2 rings (SSSR count). The zero-order valence-electron chi connectivity index (χ0n) is 13.7. The van der Waals surface area contributed by atoms with E-state index in [4.69, 9.17) is 0 Å². The highest BCUT2D eigenvalue weighted by atomic mass is 32.2. The molecule has 0 atom stereocenters. The first kappa shape index (κ1) is 18.6. The van der Waals surface area contributed by atoms with Gasteiger partial charge in [0.05, 0.1) is 17.7 Å². The van der Waals surface area contributed by atoms with Gasteiger partial charge < -0.3 is 0 Å². The molecule has 6 nitrogen and oxygen atoms in total. The Balaban J connectivity index is 1.83. The van der Waals surface area contributed by atoms with Gasteiger partial charge in [0.2, 0.25) is 10.0 Å². The van der Waals surface area contributed by atoms with Crippen LogP contribution in [0.15, 0.2) is 76.2 Å². The van der Waals surface area contributed by atoms with Crippen LogP contribution in [0.25, 0.3) is 6.08 Å². The van der Waals surface area contributed by atoms with Gasteiger partial charge in [-0.2, -0.15) is 5.10 Å². The maximum absolute atomic E-state index is 12.0. The van der Waals surface area contributed by atoms with Crippen LogP contribution in [-0.4, -0.2) is 27.1 Å². The minimum absolute atomic E-state index is 0.105. The number of rotatable bonds is 7. The standard InChI is InChI=1S/C18H19N3O3S/c1-15(12-16-8-4-2-5-9-16)13-19-21-18(22)14-20-25(23,24)17-10-6-3-7-11-17/h2-13,20H,14H2,1H3,(H,21,22)/b15-12+,19-13-. The fraction of sp³-hybridized carbons (Fsp3) is 0.111. The summed E-state index contributed by atoms with van der Waals surface area (Å²) in [6.45, 7) is 1.46. The first-order chi connectivity index (χ1) is 12.0. The Hall–Kier alpha value is -2.77. The molecule has 0 heterocycles. The molecule has 0 aliphatic heterocycles. The Labute approximate surface area is 147 Å². The van der Waals surface area contributed by atoms with Crippen molar-refractivity contribution in [2.45, 2.75) is 11.8 Å². The van der Waals surface area contributed by atoms with Gasteiger partial charge in [-0.1, -0.05) is 54.6 Å². The summed E-state index contributed by atoms with van der Waals surface area (Å²) in [7, 11) is -3.71. The molecule has 7 heteroatoms. The van der Waals surface area contributed by atoms with Gasteiger partial charge in [0, 0.05) is 0 Å². The zero-order valence-corrected chi connectivity index (χ0v) is 14.5. The van der Waals surface area contributed by atoms with E-state index in [0.717, 1.165) is 11.1 Å². The maximum Gasteiger partial charge on any atom is 0.255 e. The molecular weight excluding hydrogens is 338 g/mol. The Bertz CT molecular complexity index is 861. The van der Waals surface area contributed by atoms with Gasteiger partial charge in [-0.3, -0.25) is 4.79 Å². The predicted molar refractivity (Wildman–Crippen MR) is 98.4 cm³/mol. The van der Waals surface area contributed by atoms with E-state index in [-0.39, 0.29) is 4.90 Å². The highest BCUT2D eigenvalue weighted by Crippen LogP contribution is 2.06. The summed E-state index contributed by atoms with van der Waals surface area (Å²) in [5.74, 6) is -0.553. The van der Waals surface area contributed by atoms with Crippen molar-refractivity contribution in [1.29, 1.82) is 0 Å². The van der Waals surface area contributed by atoms with Crippen molar-refractivity contribution in [3.8, 4) is 0 Å². The molecule has 0 spiro atoms. The molecule has 25 heavy (non-hydrogen) atoms. The van der Waals surface area contributed by atoms with Gasteiger partial charge in [-0.15, -0.1) is 0 Å². The number of carbonyl (C=O) groups excluding carboxylic acids is 1. The van der Waals surface area contributed by atoms with Crippen molar-refractivity contribution in [2.75, 3.05) is 6.54 Å². The van der Waals surface area contributed by atoms with Crippen LogP contribution in [-0.2, 0) is 14.8 Å². The predicted octanol–water partition coefficient (Wildman–Crippen LogP) is 2.17. The van der Waals surface area contributed by atoms with E-state index in [1.807, 2.05) is 43.3 Å².